The van der Waals surface area contributed by atoms with Gasteiger partial charge < -0.3 is 22.9 Å². The summed E-state index contributed by atoms with van der Waals surface area (Å²) in [5.74, 6) is 1.56. The van der Waals surface area contributed by atoms with Gasteiger partial charge in [0.05, 0.1) is 0 Å². The minimum Gasteiger partial charge on any atom is -0.368 e. The van der Waals surface area contributed by atoms with Crippen LogP contribution in [0.2, 0.25) is 0 Å². The van der Waals surface area contributed by atoms with Gasteiger partial charge in [-0.05, 0) is 17.7 Å². The lowest BCUT2D eigenvalue weighted by atomic mass is 10.1. The maximum absolute atomic E-state index is 5.47. The van der Waals surface area contributed by atoms with E-state index in [0.29, 0.717) is 18.1 Å². The van der Waals surface area contributed by atoms with Gasteiger partial charge in [-0.2, -0.15) is 29.9 Å². The standard InChI is InChI=1S/C10H11N5.C8H8N6/c11-9-13-8(14-10(12)15-9)6-7-4-2-1-3-5-7;9-7-12-6(13-8(10)14-7)5-2-1-3-11-4-5/h1-5H,6H2,(H4,11,12,13,14,15);1-4H,(H4,9,10,12,13,14). The molecule has 0 bridgehead atoms. The average molecular weight is 389 g/mol. The third-order valence-corrected chi connectivity index (χ3v) is 3.51. The fourth-order valence-electron chi connectivity index (χ4n) is 2.35. The minimum atomic E-state index is 0.108. The zero-order valence-electron chi connectivity index (χ0n) is 15.3. The lowest BCUT2D eigenvalue weighted by Crippen LogP contribution is -2.07. The van der Waals surface area contributed by atoms with E-state index >= 15 is 0 Å². The van der Waals surface area contributed by atoms with Crippen LogP contribution < -0.4 is 22.9 Å². The highest BCUT2D eigenvalue weighted by Crippen LogP contribution is 2.13. The van der Waals surface area contributed by atoms with Crippen molar-refractivity contribution in [3.05, 3.63) is 66.2 Å². The maximum atomic E-state index is 5.47. The Morgan fingerprint density at radius 2 is 1.21 bits per heavy atom. The molecule has 146 valence electrons. The Balaban J connectivity index is 0.000000166. The number of nitrogen functional groups attached to an aromatic ring is 4. The first-order chi connectivity index (χ1) is 14.0. The van der Waals surface area contributed by atoms with Crippen molar-refractivity contribution in [3.63, 3.8) is 0 Å². The van der Waals surface area contributed by atoms with Gasteiger partial charge in [-0.15, -0.1) is 0 Å². The van der Waals surface area contributed by atoms with Gasteiger partial charge in [0.25, 0.3) is 0 Å². The summed E-state index contributed by atoms with van der Waals surface area (Å²) in [6.45, 7) is 0. The second-order valence-electron chi connectivity index (χ2n) is 5.75. The minimum absolute atomic E-state index is 0.108. The van der Waals surface area contributed by atoms with Crippen molar-refractivity contribution in [3.8, 4) is 11.4 Å². The summed E-state index contributed by atoms with van der Waals surface area (Å²) in [7, 11) is 0. The number of rotatable bonds is 3. The highest BCUT2D eigenvalue weighted by molar-refractivity contribution is 5.55. The largest absolute Gasteiger partial charge is 0.368 e. The molecule has 4 rings (SSSR count). The molecule has 0 atom stereocenters. The molecule has 0 unspecified atom stereocenters. The van der Waals surface area contributed by atoms with Crippen LogP contribution in [0, 0.1) is 0 Å². The van der Waals surface area contributed by atoms with Crippen LogP contribution in [0.3, 0.4) is 0 Å². The van der Waals surface area contributed by atoms with Crippen molar-refractivity contribution >= 4 is 23.8 Å². The number of aromatic nitrogens is 7. The Kier molecular flexibility index (Phi) is 6.00. The smallest absolute Gasteiger partial charge is 0.225 e. The van der Waals surface area contributed by atoms with Gasteiger partial charge in [-0.3, -0.25) is 4.98 Å². The van der Waals surface area contributed by atoms with Crippen LogP contribution in [-0.2, 0) is 6.42 Å². The summed E-state index contributed by atoms with van der Waals surface area (Å²) >= 11 is 0. The lowest BCUT2D eigenvalue weighted by molar-refractivity contribution is 0.939. The fourth-order valence-corrected chi connectivity index (χ4v) is 2.35. The molecule has 0 aliphatic heterocycles. The quantitative estimate of drug-likeness (QED) is 0.385. The van der Waals surface area contributed by atoms with Crippen molar-refractivity contribution in [2.75, 3.05) is 22.9 Å². The molecule has 0 fully saturated rings. The second-order valence-corrected chi connectivity index (χ2v) is 5.75. The van der Waals surface area contributed by atoms with Crippen LogP contribution in [0.1, 0.15) is 11.4 Å². The third-order valence-electron chi connectivity index (χ3n) is 3.51. The zero-order chi connectivity index (χ0) is 20.6. The highest BCUT2D eigenvalue weighted by atomic mass is 15.1. The van der Waals surface area contributed by atoms with Crippen molar-refractivity contribution in [1.82, 2.24) is 34.9 Å². The molecule has 4 aromatic rings. The van der Waals surface area contributed by atoms with E-state index in [2.05, 4.69) is 34.9 Å². The summed E-state index contributed by atoms with van der Waals surface area (Å²) in [5, 5.41) is 0. The molecule has 3 aromatic heterocycles. The van der Waals surface area contributed by atoms with E-state index in [4.69, 9.17) is 22.9 Å². The Morgan fingerprint density at radius 1 is 0.621 bits per heavy atom. The van der Waals surface area contributed by atoms with Crippen LogP contribution in [0.5, 0.6) is 0 Å². The van der Waals surface area contributed by atoms with Gasteiger partial charge >= 0.3 is 0 Å². The third kappa shape index (κ3) is 5.79. The molecule has 0 aliphatic rings. The van der Waals surface area contributed by atoms with E-state index in [9.17, 15) is 0 Å². The molecule has 3 heterocycles. The van der Waals surface area contributed by atoms with E-state index in [0.717, 1.165) is 11.1 Å². The molecule has 0 spiro atoms. The average Bonchev–Trinajstić information content (AvgIpc) is 2.68. The van der Waals surface area contributed by atoms with E-state index in [1.165, 1.54) is 0 Å². The highest BCUT2D eigenvalue weighted by Gasteiger charge is 2.04. The van der Waals surface area contributed by atoms with Gasteiger partial charge in [0.15, 0.2) is 5.82 Å². The van der Waals surface area contributed by atoms with Crippen molar-refractivity contribution < 1.29 is 0 Å². The normalized spacial score (nSPS) is 10.1. The van der Waals surface area contributed by atoms with Gasteiger partial charge in [-0.25, -0.2) is 0 Å². The van der Waals surface area contributed by atoms with E-state index < -0.39 is 0 Å². The maximum Gasteiger partial charge on any atom is 0.225 e. The number of nitrogens with zero attached hydrogens (tertiary/aromatic N) is 7. The van der Waals surface area contributed by atoms with Gasteiger partial charge in [0.1, 0.15) is 5.82 Å². The molecular formula is C18H19N11. The van der Waals surface area contributed by atoms with Crippen LogP contribution in [0.25, 0.3) is 11.4 Å². The molecule has 8 N–H and O–H groups in total. The van der Waals surface area contributed by atoms with E-state index in [1.54, 1.807) is 18.5 Å². The Hall–Kier alpha value is -4.41. The predicted molar refractivity (Wildman–Crippen MR) is 110 cm³/mol. The topological polar surface area (TPSA) is 194 Å². The number of pyridine rings is 1. The zero-order valence-corrected chi connectivity index (χ0v) is 15.3. The first kappa shape index (κ1) is 19.4. The summed E-state index contributed by atoms with van der Waals surface area (Å²) in [6.07, 6.45) is 3.91. The van der Waals surface area contributed by atoms with E-state index in [-0.39, 0.29) is 23.8 Å². The number of benzene rings is 1. The molecule has 0 saturated carbocycles. The first-order valence-electron chi connectivity index (χ1n) is 8.47. The molecule has 0 radical (unpaired) electrons. The Bertz CT molecular complexity index is 1030. The molecule has 1 aromatic carbocycles. The molecular weight excluding hydrogens is 370 g/mol. The monoisotopic (exact) mass is 389 g/mol. The summed E-state index contributed by atoms with van der Waals surface area (Å²) < 4.78 is 0. The molecule has 29 heavy (non-hydrogen) atoms. The van der Waals surface area contributed by atoms with E-state index in [1.807, 2.05) is 36.4 Å². The number of hydrogen-bond donors (Lipinski definition) is 4. The molecule has 11 heteroatoms. The van der Waals surface area contributed by atoms with Gasteiger partial charge in [0, 0.05) is 24.4 Å². The van der Waals surface area contributed by atoms with Gasteiger partial charge in [-0.1, -0.05) is 30.3 Å². The van der Waals surface area contributed by atoms with Crippen LogP contribution in [0.15, 0.2) is 54.9 Å². The SMILES string of the molecule is Nc1nc(N)nc(-c2cccnc2)n1.Nc1nc(N)nc(Cc2ccccc2)n1. The second kappa shape index (κ2) is 8.99. The Labute approximate surface area is 166 Å². The molecule has 0 amide bonds. The van der Waals surface area contributed by atoms with Crippen molar-refractivity contribution in [2.24, 2.45) is 0 Å². The summed E-state index contributed by atoms with van der Waals surface area (Å²) in [5.41, 5.74) is 23.7. The van der Waals surface area contributed by atoms with Crippen LogP contribution in [-0.4, -0.2) is 34.9 Å². The Morgan fingerprint density at radius 3 is 1.76 bits per heavy atom. The van der Waals surface area contributed by atoms with Crippen molar-refractivity contribution in [1.29, 1.82) is 0 Å². The predicted octanol–water partition coefficient (Wildman–Crippen LogP) is 0.725. The van der Waals surface area contributed by atoms with Gasteiger partial charge in [0.2, 0.25) is 23.8 Å². The summed E-state index contributed by atoms with van der Waals surface area (Å²) in [4.78, 5) is 27.2. The lowest BCUT2D eigenvalue weighted by Gasteiger charge is -2.01. The van der Waals surface area contributed by atoms with Crippen molar-refractivity contribution in [2.45, 2.75) is 6.42 Å². The van der Waals surface area contributed by atoms with Crippen LogP contribution >= 0.6 is 0 Å². The summed E-state index contributed by atoms with van der Waals surface area (Å²) in [6, 6.07) is 13.5. The molecule has 0 saturated heterocycles. The molecule has 0 aliphatic carbocycles. The number of nitrogens with two attached hydrogens (primary N) is 4. The fraction of sp³-hybridized carbons (Fsp3) is 0.0556. The number of anilines is 4. The molecule has 11 nitrogen and oxygen atoms in total. The number of hydrogen-bond acceptors (Lipinski definition) is 11. The van der Waals surface area contributed by atoms with Crippen LogP contribution in [0.4, 0.5) is 23.8 Å². The first-order valence-corrected chi connectivity index (χ1v) is 8.47.